The fraction of sp³-hybridized carbons (Fsp3) is 0.514. The summed E-state index contributed by atoms with van der Waals surface area (Å²) in [5.74, 6) is 0.794. The van der Waals surface area contributed by atoms with Crippen molar-refractivity contribution in [2.75, 3.05) is 36.6 Å². The highest BCUT2D eigenvalue weighted by atomic mass is 28.4. The summed E-state index contributed by atoms with van der Waals surface area (Å²) in [6.07, 6.45) is 3.58. The first kappa shape index (κ1) is 34.3. The number of fused-ring (bicyclic) bond motifs is 1. The third kappa shape index (κ3) is 7.58. The number of pyridine rings is 1. The molecule has 0 aliphatic carbocycles. The van der Waals surface area contributed by atoms with Gasteiger partial charge in [-0.05, 0) is 74.8 Å². The van der Waals surface area contributed by atoms with E-state index in [9.17, 15) is 10.1 Å². The van der Waals surface area contributed by atoms with Crippen molar-refractivity contribution in [3.05, 3.63) is 53.9 Å². The van der Waals surface area contributed by atoms with E-state index in [1.165, 1.54) is 0 Å². The molecular formula is C35H46N6O5Si. The fourth-order valence-corrected chi connectivity index (χ4v) is 6.44. The highest BCUT2D eigenvalue weighted by molar-refractivity contribution is 6.74. The molecule has 0 saturated carbocycles. The first-order valence-electron chi connectivity index (χ1n) is 16.0. The van der Waals surface area contributed by atoms with Crippen LogP contribution in [-0.2, 0) is 19.3 Å². The van der Waals surface area contributed by atoms with E-state index in [4.69, 9.17) is 23.6 Å². The van der Waals surface area contributed by atoms with Crippen LogP contribution in [0.3, 0.4) is 0 Å². The fourth-order valence-electron chi connectivity index (χ4n) is 5.33. The molecule has 1 fully saturated rings. The summed E-state index contributed by atoms with van der Waals surface area (Å²) < 4.78 is 24.1. The van der Waals surface area contributed by atoms with Gasteiger partial charge in [-0.2, -0.15) is 5.26 Å². The molecule has 0 spiro atoms. The van der Waals surface area contributed by atoms with Gasteiger partial charge in [-0.25, -0.2) is 19.7 Å². The number of ether oxygens (including phenoxy) is 3. The van der Waals surface area contributed by atoms with Crippen molar-refractivity contribution >= 4 is 31.7 Å². The van der Waals surface area contributed by atoms with Crippen molar-refractivity contribution in [2.45, 2.75) is 90.1 Å². The summed E-state index contributed by atoms with van der Waals surface area (Å²) in [4.78, 5) is 28.8. The van der Waals surface area contributed by atoms with Crippen molar-refractivity contribution in [1.82, 2.24) is 15.0 Å². The zero-order valence-corrected chi connectivity index (χ0v) is 29.9. The van der Waals surface area contributed by atoms with Gasteiger partial charge in [0.05, 0.1) is 30.2 Å². The van der Waals surface area contributed by atoms with E-state index in [1.807, 2.05) is 39.0 Å². The van der Waals surface area contributed by atoms with Crippen molar-refractivity contribution in [3.63, 3.8) is 0 Å². The second-order valence-corrected chi connectivity index (χ2v) is 19.9. The summed E-state index contributed by atoms with van der Waals surface area (Å²) in [5, 5.41) is 13.7. The van der Waals surface area contributed by atoms with E-state index in [1.54, 1.807) is 29.4 Å². The number of aromatic nitrogens is 3. The van der Waals surface area contributed by atoms with Crippen molar-refractivity contribution in [2.24, 2.45) is 0 Å². The van der Waals surface area contributed by atoms with Gasteiger partial charge < -0.3 is 24.0 Å². The van der Waals surface area contributed by atoms with Gasteiger partial charge in [-0.15, -0.1) is 0 Å². The maximum absolute atomic E-state index is 13.6. The maximum atomic E-state index is 13.6. The van der Waals surface area contributed by atoms with Crippen LogP contribution in [0.5, 0.6) is 5.88 Å². The Kier molecular flexibility index (Phi) is 9.38. The predicted molar refractivity (Wildman–Crippen MR) is 184 cm³/mol. The smallest absolute Gasteiger partial charge is 0.414 e. The summed E-state index contributed by atoms with van der Waals surface area (Å²) >= 11 is 0. The van der Waals surface area contributed by atoms with Gasteiger partial charge >= 0.3 is 6.09 Å². The molecule has 0 unspecified atom stereocenters. The van der Waals surface area contributed by atoms with Crippen LogP contribution < -0.4 is 15.0 Å². The number of nitrogens with zero attached hydrogens (tertiary/aromatic N) is 5. The number of nitrogens with one attached hydrogen (secondary N) is 1. The number of anilines is 3. The second-order valence-electron chi connectivity index (χ2n) is 15.1. The molecule has 1 N–H and O–H groups in total. The molecule has 1 aromatic carbocycles. The first-order chi connectivity index (χ1) is 22.0. The molecule has 1 saturated heterocycles. The van der Waals surface area contributed by atoms with Gasteiger partial charge in [0.1, 0.15) is 23.5 Å². The van der Waals surface area contributed by atoms with E-state index in [0.29, 0.717) is 60.8 Å². The molecule has 2 atom stereocenters. The van der Waals surface area contributed by atoms with Crippen molar-refractivity contribution in [1.29, 1.82) is 5.26 Å². The first-order valence-corrected chi connectivity index (χ1v) is 18.9. The maximum Gasteiger partial charge on any atom is 0.414 e. The van der Waals surface area contributed by atoms with Gasteiger partial charge in [0, 0.05) is 42.9 Å². The SMILES string of the molecule is CC(C)(C)OC(=O)N1C[C@](C)(CO[Si](C)(C)C(C)(C)C)c2cc(-c3ccnc(Nc4cccnc4O[C@H]4CCOC4)n3)cc(C#N)c21. The number of amides is 1. The summed E-state index contributed by atoms with van der Waals surface area (Å²) in [6, 6.07) is 11.6. The van der Waals surface area contributed by atoms with Gasteiger partial charge in [0.15, 0.2) is 8.32 Å². The van der Waals surface area contributed by atoms with Crippen molar-refractivity contribution in [3.8, 4) is 23.2 Å². The highest BCUT2D eigenvalue weighted by Crippen LogP contribution is 2.47. The Morgan fingerprint density at radius 3 is 2.60 bits per heavy atom. The average molecular weight is 659 g/mol. The third-order valence-electron chi connectivity index (χ3n) is 8.96. The number of rotatable bonds is 8. The molecule has 4 heterocycles. The lowest BCUT2D eigenvalue weighted by Gasteiger charge is -2.39. The standard InChI is InChI=1S/C35H46N6O5Si/c1-33(2,3)46-32(42)41-21-35(7,22-44-47(8,9)34(4,5)6)26-18-23(17-24(19-36)29(26)41)27-12-15-38-31(39-27)40-28-11-10-14-37-30(28)45-25-13-16-43-20-25/h10-12,14-15,17-18,25H,13,16,20-22H2,1-9H3,(H,38,39,40)/t25-,35+/m0/s1. The lowest BCUT2D eigenvalue weighted by Crippen LogP contribution is -2.46. The lowest BCUT2D eigenvalue weighted by atomic mass is 9.83. The van der Waals surface area contributed by atoms with Crippen LogP contribution in [0.4, 0.5) is 22.1 Å². The van der Waals surface area contributed by atoms with Crippen LogP contribution in [-0.4, -0.2) is 67.4 Å². The lowest BCUT2D eigenvalue weighted by molar-refractivity contribution is 0.0575. The average Bonchev–Trinajstić information content (AvgIpc) is 3.62. The molecule has 2 aliphatic rings. The largest absolute Gasteiger partial charge is 0.470 e. The molecule has 2 aliphatic heterocycles. The minimum Gasteiger partial charge on any atom is -0.470 e. The molecular weight excluding hydrogens is 613 g/mol. The Morgan fingerprint density at radius 2 is 1.94 bits per heavy atom. The summed E-state index contributed by atoms with van der Waals surface area (Å²) in [5.41, 5.74) is 2.40. The molecule has 5 rings (SSSR count). The molecule has 1 amide bonds. The van der Waals surface area contributed by atoms with E-state index in [0.717, 1.165) is 17.5 Å². The molecule has 0 radical (unpaired) electrons. The number of nitriles is 1. The Labute approximate surface area is 278 Å². The minimum atomic E-state index is -2.14. The molecule has 2 aromatic heterocycles. The van der Waals surface area contributed by atoms with Gasteiger partial charge in [-0.3, -0.25) is 4.90 Å². The molecule has 11 nitrogen and oxygen atoms in total. The van der Waals surface area contributed by atoms with Gasteiger partial charge in [-0.1, -0.05) is 27.7 Å². The van der Waals surface area contributed by atoms with E-state index >= 15 is 0 Å². The number of benzene rings is 1. The Hall–Kier alpha value is -4.05. The third-order valence-corrected chi connectivity index (χ3v) is 13.4. The van der Waals surface area contributed by atoms with Gasteiger partial charge in [0.2, 0.25) is 11.8 Å². The van der Waals surface area contributed by atoms with Gasteiger partial charge in [0.25, 0.3) is 0 Å². The second kappa shape index (κ2) is 12.9. The number of carbonyl (C=O) groups excluding carboxylic acids is 1. The Bertz CT molecular complexity index is 1670. The van der Waals surface area contributed by atoms with Crippen LogP contribution in [0, 0.1) is 11.3 Å². The molecule has 0 bridgehead atoms. The summed E-state index contributed by atoms with van der Waals surface area (Å²) in [6.45, 7) is 20.5. The predicted octanol–water partition coefficient (Wildman–Crippen LogP) is 7.36. The quantitative estimate of drug-likeness (QED) is 0.245. The zero-order valence-electron chi connectivity index (χ0n) is 28.9. The highest BCUT2D eigenvalue weighted by Gasteiger charge is 2.47. The van der Waals surface area contributed by atoms with Crippen LogP contribution in [0.15, 0.2) is 42.7 Å². The van der Waals surface area contributed by atoms with E-state index < -0.39 is 25.4 Å². The van der Waals surface area contributed by atoms with E-state index in [2.05, 4.69) is 62.1 Å². The number of hydrogen-bond acceptors (Lipinski definition) is 10. The van der Waals surface area contributed by atoms with Crippen LogP contribution in [0.1, 0.15) is 66.0 Å². The van der Waals surface area contributed by atoms with Crippen LogP contribution in [0.2, 0.25) is 18.1 Å². The molecule has 3 aromatic rings. The summed E-state index contributed by atoms with van der Waals surface area (Å²) in [7, 11) is -2.14. The molecule has 250 valence electrons. The Morgan fingerprint density at radius 1 is 1.17 bits per heavy atom. The van der Waals surface area contributed by atoms with Crippen LogP contribution in [0.25, 0.3) is 11.3 Å². The zero-order chi connectivity index (χ0) is 34.2. The van der Waals surface area contributed by atoms with E-state index in [-0.39, 0.29) is 11.1 Å². The normalized spacial score (nSPS) is 19.7. The van der Waals surface area contributed by atoms with Crippen LogP contribution >= 0.6 is 0 Å². The van der Waals surface area contributed by atoms with Crippen molar-refractivity contribution < 1.29 is 23.4 Å². The number of hydrogen-bond donors (Lipinski definition) is 1. The topological polar surface area (TPSA) is 132 Å². The Balaban J connectivity index is 1.52. The monoisotopic (exact) mass is 658 g/mol. The molecule has 47 heavy (non-hydrogen) atoms. The minimum absolute atomic E-state index is 0.00370. The molecule has 12 heteroatoms. The number of carbonyl (C=O) groups is 1.